The van der Waals surface area contributed by atoms with Gasteiger partial charge >= 0.3 is 0 Å². The number of nitrogens with zero attached hydrogens (tertiary/aromatic N) is 3. The summed E-state index contributed by atoms with van der Waals surface area (Å²) >= 11 is 0. The number of aliphatic hydroxyl groups excluding tert-OH is 1. The zero-order chi connectivity index (χ0) is 15.3. The van der Waals surface area contributed by atoms with Crippen molar-refractivity contribution in [3.63, 3.8) is 0 Å². The van der Waals surface area contributed by atoms with E-state index in [1.54, 1.807) is 11.0 Å². The molecular weight excluding hydrogens is 264 g/mol. The molecule has 2 rings (SSSR count). The van der Waals surface area contributed by atoms with Gasteiger partial charge in [-0.3, -0.25) is 0 Å². The Kier molecular flexibility index (Phi) is 5.09. The number of nitrogens with one attached hydrogen (secondary N) is 1. The Morgan fingerprint density at radius 3 is 2.57 bits per heavy atom. The van der Waals surface area contributed by atoms with Crippen molar-refractivity contribution in [2.75, 3.05) is 6.61 Å². The third-order valence-electron chi connectivity index (χ3n) is 3.52. The summed E-state index contributed by atoms with van der Waals surface area (Å²) in [6.45, 7) is 7.34. The minimum absolute atomic E-state index is 0.0954. The molecule has 0 aliphatic heterocycles. The van der Waals surface area contributed by atoms with Crippen LogP contribution in [0.1, 0.15) is 32.9 Å². The fraction of sp³-hybridized carbons (Fsp3) is 0.500. The molecule has 0 saturated heterocycles. The zero-order valence-electron chi connectivity index (χ0n) is 13.0. The fourth-order valence-electron chi connectivity index (χ4n) is 2.26. The first kappa shape index (κ1) is 15.7. The Bertz CT molecular complexity index is 545. The molecule has 0 amide bonds. The summed E-state index contributed by atoms with van der Waals surface area (Å²) in [6.07, 6.45) is 2.51. The van der Waals surface area contributed by atoms with E-state index in [1.807, 2.05) is 30.3 Å². The normalized spacial score (nSPS) is 13.3. The van der Waals surface area contributed by atoms with Crippen LogP contribution >= 0.6 is 0 Å². The number of aliphatic hydroxyl groups is 1. The maximum atomic E-state index is 9.18. The van der Waals surface area contributed by atoms with Crippen LogP contribution in [0, 0.1) is 5.41 Å². The largest absolute Gasteiger partial charge is 0.396 e. The van der Waals surface area contributed by atoms with Gasteiger partial charge in [-0.05, 0) is 24.0 Å². The third kappa shape index (κ3) is 4.37. The molecule has 114 valence electrons. The number of hydrogen-bond acceptors (Lipinski definition) is 4. The maximum Gasteiger partial charge on any atom is 0.0969 e. The Hall–Kier alpha value is -1.72. The van der Waals surface area contributed by atoms with Crippen molar-refractivity contribution in [2.45, 2.75) is 39.8 Å². The minimum Gasteiger partial charge on any atom is -0.396 e. The summed E-state index contributed by atoms with van der Waals surface area (Å²) in [5.41, 5.74) is 1.94. The molecule has 0 aliphatic carbocycles. The predicted octanol–water partition coefficient (Wildman–Crippen LogP) is 2.15. The number of hydrogen-bond donors (Lipinski definition) is 2. The summed E-state index contributed by atoms with van der Waals surface area (Å²) in [5, 5.41) is 21.4. The Balaban J connectivity index is 1.99. The lowest BCUT2D eigenvalue weighted by Crippen LogP contribution is -2.40. The lowest BCUT2D eigenvalue weighted by atomic mass is 9.85. The molecule has 5 nitrogen and oxygen atoms in total. The van der Waals surface area contributed by atoms with Crippen LogP contribution < -0.4 is 5.32 Å². The SMILES string of the molecule is CC(C)(C)C(CCO)NCc1cnn(-c2ccccc2)n1. The Labute approximate surface area is 126 Å². The Morgan fingerprint density at radius 2 is 1.95 bits per heavy atom. The van der Waals surface area contributed by atoms with E-state index in [0.29, 0.717) is 6.54 Å². The molecule has 1 heterocycles. The third-order valence-corrected chi connectivity index (χ3v) is 3.52. The standard InChI is InChI=1S/C16H24N4O/c1-16(2,3)15(9-10-21)17-11-13-12-18-20(19-13)14-7-5-4-6-8-14/h4-8,12,15,17,21H,9-11H2,1-3H3. The zero-order valence-corrected chi connectivity index (χ0v) is 13.0. The van der Waals surface area contributed by atoms with Crippen LogP contribution in [0.3, 0.4) is 0 Å². The van der Waals surface area contributed by atoms with E-state index in [2.05, 4.69) is 36.3 Å². The van der Waals surface area contributed by atoms with Crippen molar-refractivity contribution in [1.29, 1.82) is 0 Å². The van der Waals surface area contributed by atoms with Gasteiger partial charge in [0.2, 0.25) is 0 Å². The first-order chi connectivity index (χ1) is 10.0. The molecule has 0 fully saturated rings. The highest BCUT2D eigenvalue weighted by Crippen LogP contribution is 2.21. The molecule has 0 radical (unpaired) electrons. The van der Waals surface area contributed by atoms with Crippen LogP contribution in [0.4, 0.5) is 0 Å². The first-order valence-corrected chi connectivity index (χ1v) is 7.31. The van der Waals surface area contributed by atoms with Gasteiger partial charge in [0, 0.05) is 19.2 Å². The van der Waals surface area contributed by atoms with Crippen LogP contribution in [0.2, 0.25) is 0 Å². The monoisotopic (exact) mass is 288 g/mol. The average molecular weight is 288 g/mol. The van der Waals surface area contributed by atoms with Gasteiger partial charge in [-0.15, -0.1) is 0 Å². The molecule has 0 aliphatic rings. The highest BCUT2D eigenvalue weighted by Gasteiger charge is 2.23. The summed E-state index contributed by atoms with van der Waals surface area (Å²) in [5.74, 6) is 0. The molecule has 1 aromatic heterocycles. The molecule has 5 heteroatoms. The van der Waals surface area contributed by atoms with Crippen LogP contribution in [0.15, 0.2) is 36.5 Å². The molecule has 0 spiro atoms. The van der Waals surface area contributed by atoms with E-state index in [9.17, 15) is 5.11 Å². The van der Waals surface area contributed by atoms with Crippen LogP contribution in [0.5, 0.6) is 0 Å². The fourth-order valence-corrected chi connectivity index (χ4v) is 2.26. The van der Waals surface area contributed by atoms with E-state index in [4.69, 9.17) is 0 Å². The lowest BCUT2D eigenvalue weighted by molar-refractivity contribution is 0.196. The number of para-hydroxylation sites is 1. The smallest absolute Gasteiger partial charge is 0.0969 e. The molecule has 0 saturated carbocycles. The predicted molar refractivity (Wildman–Crippen MR) is 83.1 cm³/mol. The van der Waals surface area contributed by atoms with Crippen LogP contribution in [0.25, 0.3) is 5.69 Å². The van der Waals surface area contributed by atoms with E-state index >= 15 is 0 Å². The second kappa shape index (κ2) is 6.83. The minimum atomic E-state index is 0.0954. The van der Waals surface area contributed by atoms with E-state index in [-0.39, 0.29) is 18.1 Å². The van der Waals surface area contributed by atoms with Gasteiger partial charge in [-0.2, -0.15) is 15.0 Å². The highest BCUT2D eigenvalue weighted by atomic mass is 16.3. The van der Waals surface area contributed by atoms with Crippen molar-refractivity contribution in [2.24, 2.45) is 5.41 Å². The van der Waals surface area contributed by atoms with Crippen molar-refractivity contribution in [3.05, 3.63) is 42.2 Å². The summed E-state index contributed by atoms with van der Waals surface area (Å²) in [6, 6.07) is 10.1. The van der Waals surface area contributed by atoms with Gasteiger partial charge in [0.05, 0.1) is 17.6 Å². The van der Waals surface area contributed by atoms with Crippen LogP contribution in [-0.2, 0) is 6.54 Å². The number of benzene rings is 1. The molecule has 21 heavy (non-hydrogen) atoms. The van der Waals surface area contributed by atoms with Gasteiger partial charge in [0.25, 0.3) is 0 Å². The second-order valence-electron chi connectivity index (χ2n) is 6.27. The van der Waals surface area contributed by atoms with E-state index in [1.165, 1.54) is 0 Å². The lowest BCUT2D eigenvalue weighted by Gasteiger charge is -2.31. The van der Waals surface area contributed by atoms with E-state index < -0.39 is 0 Å². The topological polar surface area (TPSA) is 63.0 Å². The first-order valence-electron chi connectivity index (χ1n) is 7.31. The van der Waals surface area contributed by atoms with Crippen molar-refractivity contribution < 1.29 is 5.11 Å². The molecule has 1 atom stereocenters. The maximum absolute atomic E-state index is 9.18. The van der Waals surface area contributed by atoms with Crippen molar-refractivity contribution in [3.8, 4) is 5.69 Å². The van der Waals surface area contributed by atoms with Gasteiger partial charge in [0.15, 0.2) is 0 Å². The van der Waals surface area contributed by atoms with Crippen LogP contribution in [-0.4, -0.2) is 32.7 Å². The van der Waals surface area contributed by atoms with Crippen molar-refractivity contribution >= 4 is 0 Å². The molecule has 1 aromatic carbocycles. The summed E-state index contributed by atoms with van der Waals surface area (Å²) in [7, 11) is 0. The summed E-state index contributed by atoms with van der Waals surface area (Å²) in [4.78, 5) is 1.63. The number of aromatic nitrogens is 3. The van der Waals surface area contributed by atoms with Crippen molar-refractivity contribution in [1.82, 2.24) is 20.3 Å². The molecule has 1 unspecified atom stereocenters. The van der Waals surface area contributed by atoms with Gasteiger partial charge < -0.3 is 10.4 Å². The quantitative estimate of drug-likeness (QED) is 0.855. The molecule has 2 aromatic rings. The van der Waals surface area contributed by atoms with Gasteiger partial charge in [0.1, 0.15) is 0 Å². The van der Waals surface area contributed by atoms with Gasteiger partial charge in [-0.1, -0.05) is 39.0 Å². The molecule has 0 bridgehead atoms. The van der Waals surface area contributed by atoms with E-state index in [0.717, 1.165) is 17.8 Å². The highest BCUT2D eigenvalue weighted by molar-refractivity contribution is 5.28. The Morgan fingerprint density at radius 1 is 1.24 bits per heavy atom. The number of rotatable bonds is 6. The average Bonchev–Trinajstić information content (AvgIpc) is 2.92. The molecule has 2 N–H and O–H groups in total. The van der Waals surface area contributed by atoms with Gasteiger partial charge in [-0.25, -0.2) is 0 Å². The molecular formula is C16H24N4O. The second-order valence-corrected chi connectivity index (χ2v) is 6.27. The summed E-state index contributed by atoms with van der Waals surface area (Å²) < 4.78 is 0.